The van der Waals surface area contributed by atoms with Gasteiger partial charge in [0.2, 0.25) is 0 Å². The van der Waals surface area contributed by atoms with Gasteiger partial charge < -0.3 is 9.47 Å². The maximum absolute atomic E-state index is 11.5. The van der Waals surface area contributed by atoms with Gasteiger partial charge in [-0.15, -0.1) is 0 Å². The van der Waals surface area contributed by atoms with E-state index in [2.05, 4.69) is 6.92 Å². The molecule has 0 aromatic carbocycles. The molecular weight excluding hydrogens is 364 g/mol. The van der Waals surface area contributed by atoms with Gasteiger partial charge in [-0.05, 0) is 32.6 Å². The van der Waals surface area contributed by atoms with Crippen molar-refractivity contribution in [2.75, 3.05) is 13.2 Å². The van der Waals surface area contributed by atoms with Crippen molar-refractivity contribution in [3.05, 3.63) is 0 Å². The zero-order chi connectivity index (χ0) is 21.6. The first kappa shape index (κ1) is 27.9. The third kappa shape index (κ3) is 20.0. The minimum atomic E-state index is -0.0469. The molecule has 0 aliphatic rings. The van der Waals surface area contributed by atoms with Crippen LogP contribution in [0, 0.1) is 5.92 Å². The van der Waals surface area contributed by atoms with Gasteiger partial charge in [-0.25, -0.2) is 0 Å². The molecule has 0 saturated heterocycles. The van der Waals surface area contributed by atoms with Crippen LogP contribution < -0.4 is 0 Å². The third-order valence-corrected chi connectivity index (χ3v) is 5.69. The lowest BCUT2D eigenvalue weighted by molar-refractivity contribution is -0.144. The highest BCUT2D eigenvalue weighted by molar-refractivity contribution is 5.69. The average Bonchev–Trinajstić information content (AvgIpc) is 2.70. The summed E-state index contributed by atoms with van der Waals surface area (Å²) < 4.78 is 9.96. The first-order valence-electron chi connectivity index (χ1n) is 12.4. The highest BCUT2D eigenvalue weighted by Crippen LogP contribution is 2.20. The molecule has 0 aliphatic carbocycles. The minimum absolute atomic E-state index is 0.0392. The summed E-state index contributed by atoms with van der Waals surface area (Å²) >= 11 is 0. The lowest BCUT2D eigenvalue weighted by Crippen LogP contribution is -2.07. The molecule has 172 valence electrons. The standard InChI is InChI=1S/C25H48O4/c1-4-23(21-22-25(27)29-6-3)19-17-15-13-11-9-7-8-10-12-14-16-18-20-24(26)28-5-2/h23H,4-22H2,1-3H3. The van der Waals surface area contributed by atoms with E-state index in [1.807, 2.05) is 13.8 Å². The molecule has 0 N–H and O–H groups in total. The Morgan fingerprint density at radius 1 is 0.552 bits per heavy atom. The fraction of sp³-hybridized carbons (Fsp3) is 0.920. The average molecular weight is 413 g/mol. The molecule has 0 spiro atoms. The Morgan fingerprint density at radius 3 is 1.41 bits per heavy atom. The number of hydrogen-bond donors (Lipinski definition) is 0. The summed E-state index contributed by atoms with van der Waals surface area (Å²) in [5, 5.41) is 0. The summed E-state index contributed by atoms with van der Waals surface area (Å²) in [6.45, 7) is 6.95. The predicted octanol–water partition coefficient (Wildman–Crippen LogP) is 7.38. The Labute approximate surface area is 180 Å². The van der Waals surface area contributed by atoms with Crippen molar-refractivity contribution < 1.29 is 19.1 Å². The minimum Gasteiger partial charge on any atom is -0.466 e. The van der Waals surface area contributed by atoms with Crippen molar-refractivity contribution in [3.8, 4) is 0 Å². The van der Waals surface area contributed by atoms with Crippen molar-refractivity contribution in [2.24, 2.45) is 5.92 Å². The molecular formula is C25H48O4. The van der Waals surface area contributed by atoms with Gasteiger partial charge in [0.25, 0.3) is 0 Å². The Kier molecular flexibility index (Phi) is 20.9. The van der Waals surface area contributed by atoms with E-state index < -0.39 is 0 Å². The second-order valence-corrected chi connectivity index (χ2v) is 8.20. The Balaban J connectivity index is 3.32. The van der Waals surface area contributed by atoms with Crippen molar-refractivity contribution in [1.29, 1.82) is 0 Å². The first-order chi connectivity index (χ1) is 14.1. The van der Waals surface area contributed by atoms with Crippen LogP contribution in [0.3, 0.4) is 0 Å². The van der Waals surface area contributed by atoms with Crippen molar-refractivity contribution in [2.45, 2.75) is 130 Å². The molecule has 0 aromatic heterocycles. The number of esters is 2. The molecule has 4 nitrogen and oxygen atoms in total. The van der Waals surface area contributed by atoms with Crippen LogP contribution in [0.1, 0.15) is 130 Å². The van der Waals surface area contributed by atoms with Crippen LogP contribution in [0.4, 0.5) is 0 Å². The van der Waals surface area contributed by atoms with E-state index in [0.29, 0.717) is 32.0 Å². The molecule has 4 heteroatoms. The number of unbranched alkanes of at least 4 members (excludes halogenated alkanes) is 11. The molecule has 1 unspecified atom stereocenters. The summed E-state index contributed by atoms with van der Waals surface area (Å²) in [6, 6.07) is 0. The van der Waals surface area contributed by atoms with Crippen LogP contribution in [-0.4, -0.2) is 25.2 Å². The van der Waals surface area contributed by atoms with E-state index in [-0.39, 0.29) is 11.9 Å². The lowest BCUT2D eigenvalue weighted by atomic mass is 9.93. The monoisotopic (exact) mass is 412 g/mol. The highest BCUT2D eigenvalue weighted by Gasteiger charge is 2.10. The molecule has 0 radical (unpaired) electrons. The third-order valence-electron chi connectivity index (χ3n) is 5.69. The van der Waals surface area contributed by atoms with E-state index in [9.17, 15) is 9.59 Å². The molecule has 0 fully saturated rings. The highest BCUT2D eigenvalue weighted by atomic mass is 16.5. The van der Waals surface area contributed by atoms with Crippen molar-refractivity contribution in [3.63, 3.8) is 0 Å². The van der Waals surface area contributed by atoms with Gasteiger partial charge in [-0.3, -0.25) is 9.59 Å². The fourth-order valence-electron chi connectivity index (χ4n) is 3.81. The predicted molar refractivity (Wildman–Crippen MR) is 121 cm³/mol. The van der Waals surface area contributed by atoms with Gasteiger partial charge in [0.15, 0.2) is 0 Å². The zero-order valence-electron chi connectivity index (χ0n) is 19.6. The smallest absolute Gasteiger partial charge is 0.305 e. The molecule has 0 aliphatic heterocycles. The second kappa shape index (κ2) is 21.6. The molecule has 0 bridgehead atoms. The van der Waals surface area contributed by atoms with Crippen LogP contribution in [0.5, 0.6) is 0 Å². The van der Waals surface area contributed by atoms with Crippen LogP contribution in [0.15, 0.2) is 0 Å². The van der Waals surface area contributed by atoms with E-state index in [1.165, 1.54) is 77.0 Å². The van der Waals surface area contributed by atoms with Crippen LogP contribution >= 0.6 is 0 Å². The number of ether oxygens (including phenoxy) is 2. The SMILES string of the molecule is CCOC(=O)CCCCCCCCCCCCCCC(CC)CCC(=O)OCC. The molecule has 0 amide bonds. The largest absolute Gasteiger partial charge is 0.466 e. The summed E-state index contributed by atoms with van der Waals surface area (Å²) in [4.78, 5) is 22.7. The van der Waals surface area contributed by atoms with Crippen LogP contribution in [-0.2, 0) is 19.1 Å². The van der Waals surface area contributed by atoms with Crippen molar-refractivity contribution >= 4 is 11.9 Å². The quantitative estimate of drug-likeness (QED) is 0.146. The second-order valence-electron chi connectivity index (χ2n) is 8.20. The van der Waals surface area contributed by atoms with Crippen LogP contribution in [0.25, 0.3) is 0 Å². The fourth-order valence-corrected chi connectivity index (χ4v) is 3.81. The molecule has 0 rings (SSSR count). The summed E-state index contributed by atoms with van der Waals surface area (Å²) in [6.07, 6.45) is 20.0. The first-order valence-corrected chi connectivity index (χ1v) is 12.4. The molecule has 29 heavy (non-hydrogen) atoms. The number of rotatable bonds is 21. The van der Waals surface area contributed by atoms with E-state index >= 15 is 0 Å². The summed E-state index contributed by atoms with van der Waals surface area (Å²) in [5.74, 6) is 0.591. The van der Waals surface area contributed by atoms with E-state index in [0.717, 1.165) is 19.3 Å². The molecule has 0 heterocycles. The number of carbonyl (C=O) groups is 2. The number of hydrogen-bond acceptors (Lipinski definition) is 4. The van der Waals surface area contributed by atoms with Crippen LogP contribution in [0.2, 0.25) is 0 Å². The maximum Gasteiger partial charge on any atom is 0.305 e. The number of carbonyl (C=O) groups excluding carboxylic acids is 2. The van der Waals surface area contributed by atoms with Gasteiger partial charge in [-0.2, -0.15) is 0 Å². The summed E-state index contributed by atoms with van der Waals surface area (Å²) in [7, 11) is 0. The van der Waals surface area contributed by atoms with E-state index in [4.69, 9.17) is 9.47 Å². The molecule has 0 aromatic rings. The van der Waals surface area contributed by atoms with Crippen molar-refractivity contribution in [1.82, 2.24) is 0 Å². The molecule has 0 saturated carbocycles. The Bertz CT molecular complexity index is 381. The van der Waals surface area contributed by atoms with Gasteiger partial charge >= 0.3 is 11.9 Å². The topological polar surface area (TPSA) is 52.6 Å². The van der Waals surface area contributed by atoms with Gasteiger partial charge in [0, 0.05) is 12.8 Å². The summed E-state index contributed by atoms with van der Waals surface area (Å²) in [5.41, 5.74) is 0. The normalized spacial score (nSPS) is 12.0. The zero-order valence-corrected chi connectivity index (χ0v) is 19.6. The van der Waals surface area contributed by atoms with Gasteiger partial charge in [-0.1, -0.05) is 90.4 Å². The maximum atomic E-state index is 11.5. The van der Waals surface area contributed by atoms with E-state index in [1.54, 1.807) is 0 Å². The Morgan fingerprint density at radius 2 is 0.966 bits per heavy atom. The van der Waals surface area contributed by atoms with Gasteiger partial charge in [0.1, 0.15) is 0 Å². The Hall–Kier alpha value is -1.06. The lowest BCUT2D eigenvalue weighted by Gasteiger charge is -2.14. The van der Waals surface area contributed by atoms with Gasteiger partial charge in [0.05, 0.1) is 13.2 Å². The molecule has 1 atom stereocenters.